The molecular weight excluding hydrogens is 348 g/mol. The van der Waals surface area contributed by atoms with Gasteiger partial charge in [-0.25, -0.2) is 13.2 Å². The van der Waals surface area contributed by atoms with Gasteiger partial charge in [0.2, 0.25) is 5.91 Å². The number of hydrogen-bond donors (Lipinski definition) is 2. The van der Waals surface area contributed by atoms with Crippen molar-refractivity contribution >= 4 is 32.6 Å². The summed E-state index contributed by atoms with van der Waals surface area (Å²) < 4.78 is 27.8. The fraction of sp³-hybridized carbons (Fsp3) is 0.312. The topological polar surface area (TPSA) is 123 Å². The highest BCUT2D eigenvalue weighted by Gasteiger charge is 2.29. The van der Waals surface area contributed by atoms with Crippen molar-refractivity contribution in [1.82, 2.24) is 10.9 Å². The molecular formula is C16H16N2O6S. The van der Waals surface area contributed by atoms with Gasteiger partial charge in [-0.3, -0.25) is 20.4 Å². The number of nitrogens with one attached hydrogen (secondary N) is 2. The average Bonchev–Trinajstić information content (AvgIpc) is 2.90. The Morgan fingerprint density at radius 2 is 1.96 bits per heavy atom. The van der Waals surface area contributed by atoms with E-state index in [1.54, 1.807) is 24.3 Å². The molecule has 2 aromatic rings. The van der Waals surface area contributed by atoms with Gasteiger partial charge in [0.1, 0.15) is 11.1 Å². The van der Waals surface area contributed by atoms with Crippen molar-refractivity contribution < 1.29 is 22.4 Å². The van der Waals surface area contributed by atoms with Crippen molar-refractivity contribution in [2.45, 2.75) is 12.8 Å². The molecule has 0 bridgehead atoms. The molecule has 1 aromatic heterocycles. The van der Waals surface area contributed by atoms with Crippen LogP contribution in [-0.4, -0.2) is 31.7 Å². The third kappa shape index (κ3) is 4.05. The molecule has 0 radical (unpaired) electrons. The van der Waals surface area contributed by atoms with Crippen LogP contribution in [0.2, 0.25) is 0 Å². The number of fused-ring (bicyclic) bond motifs is 1. The molecule has 2 N–H and O–H groups in total. The Bertz CT molecular complexity index is 995. The van der Waals surface area contributed by atoms with E-state index in [1.165, 1.54) is 6.07 Å². The van der Waals surface area contributed by atoms with Gasteiger partial charge in [0, 0.05) is 11.8 Å². The summed E-state index contributed by atoms with van der Waals surface area (Å²) in [6.45, 7) is 0. The van der Waals surface area contributed by atoms with E-state index in [0.29, 0.717) is 17.4 Å². The number of hydrazine groups is 1. The molecule has 1 aliphatic rings. The first kappa shape index (κ1) is 17.2. The van der Waals surface area contributed by atoms with Crippen LogP contribution in [0.3, 0.4) is 0 Å². The lowest BCUT2D eigenvalue weighted by Gasteiger charge is -2.09. The third-order valence-electron chi connectivity index (χ3n) is 4.00. The second kappa shape index (κ2) is 6.67. The number of rotatable bonds is 3. The summed E-state index contributed by atoms with van der Waals surface area (Å²) >= 11 is 0. The van der Waals surface area contributed by atoms with Crippen molar-refractivity contribution in [2.24, 2.45) is 5.92 Å². The van der Waals surface area contributed by atoms with Gasteiger partial charge in [0.05, 0.1) is 11.5 Å². The molecule has 1 aliphatic heterocycles. The van der Waals surface area contributed by atoms with Crippen molar-refractivity contribution in [3.05, 3.63) is 46.3 Å². The molecule has 1 atom stereocenters. The van der Waals surface area contributed by atoms with Gasteiger partial charge in [-0.15, -0.1) is 0 Å². The highest BCUT2D eigenvalue weighted by molar-refractivity contribution is 7.91. The quantitative estimate of drug-likeness (QED) is 0.600. The van der Waals surface area contributed by atoms with E-state index in [0.717, 1.165) is 0 Å². The van der Waals surface area contributed by atoms with E-state index in [2.05, 4.69) is 10.9 Å². The third-order valence-corrected chi connectivity index (χ3v) is 5.84. The first-order valence-corrected chi connectivity index (χ1v) is 9.49. The van der Waals surface area contributed by atoms with Crippen LogP contribution >= 0.6 is 0 Å². The zero-order valence-corrected chi connectivity index (χ0v) is 14.0. The number of amides is 2. The molecule has 1 fully saturated rings. The Hall–Kier alpha value is -2.68. The predicted octanol–water partition coefficient (Wildman–Crippen LogP) is 0.379. The molecule has 2 amide bonds. The number of hydrogen-bond acceptors (Lipinski definition) is 6. The van der Waals surface area contributed by atoms with Gasteiger partial charge in [-0.05, 0) is 24.5 Å². The van der Waals surface area contributed by atoms with Crippen LogP contribution in [0.4, 0.5) is 0 Å². The van der Waals surface area contributed by atoms with Crippen LogP contribution in [0.15, 0.2) is 39.5 Å². The molecule has 1 saturated heterocycles. The Balaban J connectivity index is 1.62. The maximum absolute atomic E-state index is 12.1. The second-order valence-electron chi connectivity index (χ2n) is 5.96. The normalized spacial score (nSPS) is 18.8. The van der Waals surface area contributed by atoms with Crippen LogP contribution in [-0.2, 0) is 14.6 Å². The van der Waals surface area contributed by atoms with Gasteiger partial charge in [-0.2, -0.15) is 0 Å². The first-order valence-electron chi connectivity index (χ1n) is 7.66. The fourth-order valence-electron chi connectivity index (χ4n) is 2.76. The monoisotopic (exact) mass is 364 g/mol. The Morgan fingerprint density at radius 1 is 1.20 bits per heavy atom. The molecule has 132 valence electrons. The van der Waals surface area contributed by atoms with Gasteiger partial charge in [0.25, 0.3) is 5.91 Å². The minimum Gasteiger partial charge on any atom is -0.422 e. The van der Waals surface area contributed by atoms with Crippen LogP contribution in [0.25, 0.3) is 11.0 Å². The van der Waals surface area contributed by atoms with E-state index < -0.39 is 27.3 Å². The Kier molecular flexibility index (Phi) is 4.58. The molecule has 25 heavy (non-hydrogen) atoms. The summed E-state index contributed by atoms with van der Waals surface area (Å²) in [6, 6.07) is 8.12. The number of carbonyl (C=O) groups excluding carboxylic acids is 2. The summed E-state index contributed by atoms with van der Waals surface area (Å²) in [5, 5.41) is 0.578. The van der Waals surface area contributed by atoms with Crippen LogP contribution in [0, 0.1) is 5.92 Å². The number of benzene rings is 1. The molecule has 9 heteroatoms. The van der Waals surface area contributed by atoms with Gasteiger partial charge >= 0.3 is 5.63 Å². The van der Waals surface area contributed by atoms with Gasteiger partial charge in [0.15, 0.2) is 9.84 Å². The molecule has 1 aromatic carbocycles. The first-order chi connectivity index (χ1) is 11.8. The van der Waals surface area contributed by atoms with Crippen molar-refractivity contribution in [1.29, 1.82) is 0 Å². The maximum atomic E-state index is 12.1. The molecule has 3 rings (SSSR count). The maximum Gasteiger partial charge on any atom is 0.349 e. The largest absolute Gasteiger partial charge is 0.422 e. The van der Waals surface area contributed by atoms with Gasteiger partial charge < -0.3 is 4.42 Å². The summed E-state index contributed by atoms with van der Waals surface area (Å²) in [5.41, 5.74) is 3.66. The summed E-state index contributed by atoms with van der Waals surface area (Å²) in [4.78, 5) is 35.8. The summed E-state index contributed by atoms with van der Waals surface area (Å²) in [5.74, 6) is -1.52. The SMILES string of the molecule is O=C(CC1CCS(=O)(=O)C1)NNC(=O)c1cc2ccccc2oc1=O. The molecule has 0 spiro atoms. The minimum absolute atomic E-state index is 0.00810. The van der Waals surface area contributed by atoms with Crippen LogP contribution in [0.1, 0.15) is 23.2 Å². The Labute approximate surface area is 143 Å². The predicted molar refractivity (Wildman–Crippen MR) is 89.5 cm³/mol. The number of carbonyl (C=O) groups is 2. The standard InChI is InChI=1S/C16H16N2O6S/c19-14(7-10-5-6-25(22,23)9-10)17-18-15(20)12-8-11-3-1-2-4-13(11)24-16(12)21/h1-4,8,10H,5-7,9H2,(H,17,19)(H,18,20). The fourth-order valence-corrected chi connectivity index (χ4v) is 4.62. The van der Waals surface area contributed by atoms with Crippen molar-refractivity contribution in [2.75, 3.05) is 11.5 Å². The molecule has 0 saturated carbocycles. The minimum atomic E-state index is -3.06. The average molecular weight is 364 g/mol. The lowest BCUT2D eigenvalue weighted by atomic mass is 10.1. The number of para-hydroxylation sites is 1. The van der Waals surface area contributed by atoms with E-state index in [4.69, 9.17) is 4.42 Å². The highest BCUT2D eigenvalue weighted by Crippen LogP contribution is 2.21. The smallest absolute Gasteiger partial charge is 0.349 e. The Morgan fingerprint density at radius 3 is 2.68 bits per heavy atom. The van der Waals surface area contributed by atoms with Crippen molar-refractivity contribution in [3.8, 4) is 0 Å². The molecule has 8 nitrogen and oxygen atoms in total. The van der Waals surface area contributed by atoms with E-state index in [9.17, 15) is 22.8 Å². The number of sulfone groups is 1. The zero-order chi connectivity index (χ0) is 18.0. The lowest BCUT2D eigenvalue weighted by molar-refractivity contribution is -0.122. The second-order valence-corrected chi connectivity index (χ2v) is 8.19. The highest BCUT2D eigenvalue weighted by atomic mass is 32.2. The van der Waals surface area contributed by atoms with Crippen LogP contribution in [0.5, 0.6) is 0 Å². The van der Waals surface area contributed by atoms with E-state index >= 15 is 0 Å². The summed E-state index contributed by atoms with van der Waals surface area (Å²) in [7, 11) is -3.06. The van der Waals surface area contributed by atoms with Gasteiger partial charge in [-0.1, -0.05) is 18.2 Å². The van der Waals surface area contributed by atoms with E-state index in [-0.39, 0.29) is 29.4 Å². The molecule has 1 unspecified atom stereocenters. The van der Waals surface area contributed by atoms with Crippen molar-refractivity contribution in [3.63, 3.8) is 0 Å². The molecule has 0 aliphatic carbocycles. The molecule has 2 heterocycles. The van der Waals surface area contributed by atoms with Crippen LogP contribution < -0.4 is 16.5 Å². The van der Waals surface area contributed by atoms with E-state index in [1.807, 2.05) is 0 Å². The summed E-state index contributed by atoms with van der Waals surface area (Å²) in [6.07, 6.45) is 0.420. The lowest BCUT2D eigenvalue weighted by Crippen LogP contribution is -2.43. The zero-order valence-electron chi connectivity index (χ0n) is 13.2.